The van der Waals surface area contributed by atoms with E-state index in [2.05, 4.69) is 4.98 Å². The second-order valence-corrected chi connectivity index (χ2v) is 7.37. The highest BCUT2D eigenvalue weighted by Crippen LogP contribution is 2.41. The van der Waals surface area contributed by atoms with Crippen LogP contribution in [0.4, 0.5) is 0 Å². The summed E-state index contributed by atoms with van der Waals surface area (Å²) >= 11 is 0. The molecule has 1 atom stereocenters. The molecule has 2 aromatic rings. The Balaban J connectivity index is 1.65. The van der Waals surface area contributed by atoms with Gasteiger partial charge in [0.1, 0.15) is 23.3 Å². The molecular weight excluding hydrogens is 346 g/mol. The van der Waals surface area contributed by atoms with Gasteiger partial charge in [-0.05, 0) is 38.8 Å². The Kier molecular flexibility index (Phi) is 4.45. The van der Waals surface area contributed by atoms with E-state index in [9.17, 15) is 9.59 Å². The molecule has 7 heteroatoms. The maximum Gasteiger partial charge on any atom is 0.270 e. The van der Waals surface area contributed by atoms with Gasteiger partial charge in [-0.15, -0.1) is 0 Å². The quantitative estimate of drug-likeness (QED) is 0.861. The zero-order valence-electron chi connectivity index (χ0n) is 15.7. The number of likely N-dealkylation sites (tertiary alicyclic amines) is 1. The van der Waals surface area contributed by atoms with Gasteiger partial charge in [0.2, 0.25) is 5.91 Å². The molecule has 0 spiro atoms. The maximum absolute atomic E-state index is 13.0. The Morgan fingerprint density at radius 1 is 1.33 bits per heavy atom. The number of aromatic nitrogens is 1. The van der Waals surface area contributed by atoms with E-state index in [1.165, 1.54) is 0 Å². The van der Waals surface area contributed by atoms with Gasteiger partial charge in [0, 0.05) is 36.4 Å². The second-order valence-electron chi connectivity index (χ2n) is 7.37. The second kappa shape index (κ2) is 6.79. The number of hydrogen-bond donors (Lipinski definition) is 2. The van der Waals surface area contributed by atoms with Crippen LogP contribution in [-0.2, 0) is 11.2 Å². The number of hydrogen-bond acceptors (Lipinski definition) is 4. The van der Waals surface area contributed by atoms with Crippen LogP contribution in [0, 0.1) is 5.92 Å². The summed E-state index contributed by atoms with van der Waals surface area (Å²) in [6, 6.07) is 3.86. The molecule has 1 aromatic carbocycles. The van der Waals surface area contributed by atoms with Crippen molar-refractivity contribution in [3.05, 3.63) is 23.4 Å². The number of ether oxygens (including phenoxy) is 2. The lowest BCUT2D eigenvalue weighted by molar-refractivity contribution is -0.123. The van der Waals surface area contributed by atoms with Gasteiger partial charge in [-0.3, -0.25) is 9.59 Å². The maximum atomic E-state index is 13.0. The predicted octanol–water partition coefficient (Wildman–Crippen LogP) is 2.23. The molecule has 0 bridgehead atoms. The summed E-state index contributed by atoms with van der Waals surface area (Å²) in [5.74, 6) is 1.09. The third-order valence-corrected chi connectivity index (χ3v) is 5.45. The molecule has 7 nitrogen and oxygen atoms in total. The minimum absolute atomic E-state index is 0.0728. The monoisotopic (exact) mass is 371 g/mol. The van der Waals surface area contributed by atoms with Gasteiger partial charge in [-0.25, -0.2) is 0 Å². The number of H-pyrrole nitrogens is 1. The van der Waals surface area contributed by atoms with Crippen molar-refractivity contribution >= 4 is 22.7 Å². The van der Waals surface area contributed by atoms with Crippen LogP contribution >= 0.6 is 0 Å². The molecule has 0 aliphatic carbocycles. The average Bonchev–Trinajstić information content (AvgIpc) is 3.24. The molecule has 1 saturated heterocycles. The first kappa shape index (κ1) is 17.7. The van der Waals surface area contributed by atoms with Crippen LogP contribution in [0.5, 0.6) is 11.5 Å². The lowest BCUT2D eigenvalue weighted by atomic mass is 9.96. The standard InChI is InChI=1S/C20H25N3O4/c1-3-26-16-9-13-8-11(2)27-18(13)17-14(16)10-15(22-17)20(25)23-6-4-12(5-7-23)19(21)24/h9-12,22H,3-8H2,1-2H3,(H2,21,24)/t11-/m1/s1. The molecule has 1 aromatic heterocycles. The van der Waals surface area contributed by atoms with Gasteiger partial charge in [0.05, 0.1) is 12.1 Å². The zero-order chi connectivity index (χ0) is 19.1. The molecule has 0 saturated carbocycles. The third-order valence-electron chi connectivity index (χ3n) is 5.45. The van der Waals surface area contributed by atoms with Crippen LogP contribution < -0.4 is 15.2 Å². The number of carbonyl (C=O) groups excluding carboxylic acids is 2. The minimum atomic E-state index is -0.282. The zero-order valence-corrected chi connectivity index (χ0v) is 15.7. The summed E-state index contributed by atoms with van der Waals surface area (Å²) in [5, 5.41) is 0.861. The highest BCUT2D eigenvalue weighted by atomic mass is 16.5. The third kappa shape index (κ3) is 3.11. The van der Waals surface area contributed by atoms with Crippen molar-refractivity contribution in [1.29, 1.82) is 0 Å². The highest BCUT2D eigenvalue weighted by molar-refractivity contribution is 6.02. The number of nitrogens with two attached hydrogens (primary N) is 1. The van der Waals surface area contributed by atoms with E-state index in [1.54, 1.807) is 4.90 Å². The summed E-state index contributed by atoms with van der Waals surface area (Å²) in [7, 11) is 0. The molecule has 3 heterocycles. The number of primary amides is 1. The van der Waals surface area contributed by atoms with E-state index in [4.69, 9.17) is 15.2 Å². The van der Waals surface area contributed by atoms with Gasteiger partial charge in [-0.1, -0.05) is 0 Å². The van der Waals surface area contributed by atoms with Gasteiger partial charge in [0.25, 0.3) is 5.91 Å². The van der Waals surface area contributed by atoms with E-state index in [-0.39, 0.29) is 23.8 Å². The number of rotatable bonds is 4. The van der Waals surface area contributed by atoms with Crippen molar-refractivity contribution in [3.63, 3.8) is 0 Å². The normalized spacial score (nSPS) is 19.8. The summed E-state index contributed by atoms with van der Waals surface area (Å²) in [6.45, 7) is 5.60. The van der Waals surface area contributed by atoms with Crippen molar-refractivity contribution in [2.45, 2.75) is 39.2 Å². The number of nitrogens with one attached hydrogen (secondary N) is 1. The predicted molar refractivity (Wildman–Crippen MR) is 101 cm³/mol. The Hall–Kier alpha value is -2.70. The SMILES string of the molecule is CCOc1cc2c(c3[nH]c(C(=O)N4CCC(C(N)=O)CC4)cc13)O[C@H](C)C2. The minimum Gasteiger partial charge on any atom is -0.493 e. The lowest BCUT2D eigenvalue weighted by Crippen LogP contribution is -2.41. The number of amides is 2. The first-order valence-corrected chi connectivity index (χ1v) is 9.54. The summed E-state index contributed by atoms with van der Waals surface area (Å²) < 4.78 is 11.8. The fourth-order valence-corrected chi connectivity index (χ4v) is 4.06. The van der Waals surface area contributed by atoms with Crippen molar-refractivity contribution in [1.82, 2.24) is 9.88 Å². The Labute approximate surface area is 157 Å². The molecule has 144 valence electrons. The van der Waals surface area contributed by atoms with Crippen LogP contribution in [0.3, 0.4) is 0 Å². The molecule has 0 unspecified atom stereocenters. The van der Waals surface area contributed by atoms with Gasteiger partial charge >= 0.3 is 0 Å². The summed E-state index contributed by atoms with van der Waals surface area (Å²) in [5.41, 5.74) is 7.81. The van der Waals surface area contributed by atoms with E-state index in [0.717, 1.165) is 34.4 Å². The smallest absolute Gasteiger partial charge is 0.270 e. The lowest BCUT2D eigenvalue weighted by Gasteiger charge is -2.30. The Morgan fingerprint density at radius 3 is 2.74 bits per heavy atom. The first-order chi connectivity index (χ1) is 13.0. The molecule has 2 amide bonds. The molecular formula is C20H25N3O4. The van der Waals surface area contributed by atoms with Crippen molar-refractivity contribution in [3.8, 4) is 11.5 Å². The van der Waals surface area contributed by atoms with E-state index < -0.39 is 0 Å². The molecule has 0 radical (unpaired) electrons. The summed E-state index contributed by atoms with van der Waals surface area (Å²) in [4.78, 5) is 29.3. The number of piperidine rings is 1. The molecule has 2 aliphatic heterocycles. The molecule has 3 N–H and O–H groups in total. The van der Waals surface area contributed by atoms with Crippen LogP contribution in [0.15, 0.2) is 12.1 Å². The molecule has 4 rings (SSSR count). The van der Waals surface area contributed by atoms with Crippen molar-refractivity contribution in [2.75, 3.05) is 19.7 Å². The molecule has 2 aliphatic rings. The van der Waals surface area contributed by atoms with Gasteiger partial charge < -0.3 is 25.1 Å². The summed E-state index contributed by atoms with van der Waals surface area (Å²) in [6.07, 6.45) is 2.16. The first-order valence-electron chi connectivity index (χ1n) is 9.54. The fraction of sp³-hybridized carbons (Fsp3) is 0.500. The van der Waals surface area contributed by atoms with Gasteiger partial charge in [0.15, 0.2) is 0 Å². The molecule has 27 heavy (non-hydrogen) atoms. The Bertz CT molecular complexity index is 896. The molecule has 1 fully saturated rings. The van der Waals surface area contributed by atoms with Crippen LogP contribution in [-0.4, -0.2) is 47.5 Å². The van der Waals surface area contributed by atoms with E-state index >= 15 is 0 Å². The van der Waals surface area contributed by atoms with Crippen molar-refractivity contribution < 1.29 is 19.1 Å². The topological polar surface area (TPSA) is 97.7 Å². The van der Waals surface area contributed by atoms with E-state index in [0.29, 0.717) is 38.2 Å². The van der Waals surface area contributed by atoms with Crippen LogP contribution in [0.25, 0.3) is 10.9 Å². The van der Waals surface area contributed by atoms with Crippen LogP contribution in [0.2, 0.25) is 0 Å². The van der Waals surface area contributed by atoms with Crippen LogP contribution in [0.1, 0.15) is 42.7 Å². The van der Waals surface area contributed by atoms with Gasteiger partial charge in [-0.2, -0.15) is 0 Å². The fourth-order valence-electron chi connectivity index (χ4n) is 4.06. The van der Waals surface area contributed by atoms with Crippen molar-refractivity contribution in [2.24, 2.45) is 11.7 Å². The average molecular weight is 371 g/mol. The number of benzene rings is 1. The Morgan fingerprint density at radius 2 is 2.07 bits per heavy atom. The number of nitrogens with zero attached hydrogens (tertiary/aromatic N) is 1. The number of carbonyl (C=O) groups is 2. The highest BCUT2D eigenvalue weighted by Gasteiger charge is 2.29. The number of fused-ring (bicyclic) bond motifs is 3. The number of aromatic amines is 1. The largest absolute Gasteiger partial charge is 0.493 e. The van der Waals surface area contributed by atoms with E-state index in [1.807, 2.05) is 26.0 Å².